The number of rotatable bonds is 11. The summed E-state index contributed by atoms with van der Waals surface area (Å²) < 4.78 is 0. The Kier molecular flexibility index (Phi) is 9.67. The second-order valence-electron chi connectivity index (χ2n) is 8.07. The molecule has 0 atom stereocenters. The zero-order valence-corrected chi connectivity index (χ0v) is 18.8. The molecule has 0 radical (unpaired) electrons. The first kappa shape index (κ1) is 22.6. The van der Waals surface area contributed by atoms with Crippen LogP contribution in [0.4, 0.5) is 0 Å². The number of aryl methyl sites for hydroxylation is 2. The van der Waals surface area contributed by atoms with Gasteiger partial charge >= 0.3 is 0 Å². The van der Waals surface area contributed by atoms with E-state index >= 15 is 0 Å². The second-order valence-corrected chi connectivity index (χ2v) is 8.07. The molecular formula is C31H34. The van der Waals surface area contributed by atoms with Gasteiger partial charge in [0.15, 0.2) is 0 Å². The van der Waals surface area contributed by atoms with Gasteiger partial charge in [-0.3, -0.25) is 0 Å². The third-order valence-electron chi connectivity index (χ3n) is 5.53. The molecule has 31 heavy (non-hydrogen) atoms. The fourth-order valence-corrected chi connectivity index (χ4v) is 3.68. The Hall–Kier alpha value is -3.08. The van der Waals surface area contributed by atoms with Crippen LogP contribution in [0.3, 0.4) is 0 Å². The standard InChI is InChI=1S/C31H34/c1-2-3-13-30(23-20-27-14-7-4-8-15-27)26-31(24-21-28-16-9-5-10-17-28)25-22-29-18-11-6-12-19-29/h4-12,14-19,21,24H,2-3,13,20,22-23,25H2,1H3/b24-21+. The normalized spacial score (nSPS) is 10.7. The van der Waals surface area contributed by atoms with Crippen molar-refractivity contribution in [2.24, 2.45) is 0 Å². The predicted octanol–water partition coefficient (Wildman–Crippen LogP) is 8.61. The van der Waals surface area contributed by atoms with Crippen molar-refractivity contribution in [3.8, 4) is 0 Å². The molecule has 0 nitrogen and oxygen atoms in total. The Morgan fingerprint density at radius 1 is 0.677 bits per heavy atom. The summed E-state index contributed by atoms with van der Waals surface area (Å²) in [6.45, 7) is 2.27. The van der Waals surface area contributed by atoms with Gasteiger partial charge in [-0.05, 0) is 66.4 Å². The molecule has 0 bridgehead atoms. The molecule has 0 heterocycles. The molecule has 3 rings (SSSR count). The fraction of sp³-hybridized carbons (Fsp3) is 0.258. The minimum Gasteiger partial charge on any atom is -0.118 e. The maximum absolute atomic E-state index is 3.85. The van der Waals surface area contributed by atoms with E-state index in [9.17, 15) is 0 Å². The molecule has 158 valence electrons. The van der Waals surface area contributed by atoms with Crippen molar-refractivity contribution in [1.29, 1.82) is 0 Å². The van der Waals surface area contributed by atoms with Gasteiger partial charge < -0.3 is 0 Å². The minimum absolute atomic E-state index is 1.01. The van der Waals surface area contributed by atoms with Crippen molar-refractivity contribution in [2.75, 3.05) is 0 Å². The van der Waals surface area contributed by atoms with Crippen molar-refractivity contribution in [2.45, 2.75) is 51.9 Å². The summed E-state index contributed by atoms with van der Waals surface area (Å²) in [5.41, 5.74) is 10.6. The quantitative estimate of drug-likeness (QED) is 0.221. The Labute approximate surface area is 188 Å². The molecule has 0 spiro atoms. The highest BCUT2D eigenvalue weighted by molar-refractivity contribution is 5.52. The molecule has 3 aromatic carbocycles. The van der Waals surface area contributed by atoms with Gasteiger partial charge in [-0.2, -0.15) is 0 Å². The summed E-state index contributed by atoms with van der Waals surface area (Å²) in [5, 5.41) is 0. The van der Waals surface area contributed by atoms with Gasteiger partial charge in [0.2, 0.25) is 0 Å². The van der Waals surface area contributed by atoms with Gasteiger partial charge in [-0.1, -0.05) is 116 Å². The van der Waals surface area contributed by atoms with Gasteiger partial charge in [0.05, 0.1) is 0 Å². The lowest BCUT2D eigenvalue weighted by atomic mass is 9.98. The average Bonchev–Trinajstić information content (AvgIpc) is 2.84. The van der Waals surface area contributed by atoms with Crippen LogP contribution in [0.1, 0.15) is 55.7 Å². The fourth-order valence-electron chi connectivity index (χ4n) is 3.68. The van der Waals surface area contributed by atoms with Crippen LogP contribution in [-0.2, 0) is 12.8 Å². The molecule has 0 N–H and O–H groups in total. The highest BCUT2D eigenvalue weighted by Gasteiger charge is 2.02. The van der Waals surface area contributed by atoms with E-state index in [0.29, 0.717) is 0 Å². The van der Waals surface area contributed by atoms with Crippen molar-refractivity contribution in [1.82, 2.24) is 0 Å². The van der Waals surface area contributed by atoms with Crippen LogP contribution >= 0.6 is 0 Å². The van der Waals surface area contributed by atoms with E-state index in [-0.39, 0.29) is 0 Å². The molecule has 0 fully saturated rings. The molecule has 0 aliphatic heterocycles. The third-order valence-corrected chi connectivity index (χ3v) is 5.53. The largest absolute Gasteiger partial charge is 0.118 e. The lowest BCUT2D eigenvalue weighted by Gasteiger charge is -2.07. The number of allylic oxidation sites excluding steroid dienone is 2. The maximum Gasteiger partial charge on any atom is -0.00573 e. The molecular weight excluding hydrogens is 372 g/mol. The van der Waals surface area contributed by atoms with Crippen LogP contribution in [0.15, 0.2) is 114 Å². The molecule has 0 aliphatic carbocycles. The minimum atomic E-state index is 1.01. The topological polar surface area (TPSA) is 0 Å². The Bertz CT molecular complexity index is 972. The van der Waals surface area contributed by atoms with Crippen LogP contribution in [0.25, 0.3) is 6.08 Å². The zero-order chi connectivity index (χ0) is 21.6. The number of benzene rings is 3. The lowest BCUT2D eigenvalue weighted by Crippen LogP contribution is -1.91. The summed E-state index contributed by atoms with van der Waals surface area (Å²) in [6.07, 6.45) is 12.3. The monoisotopic (exact) mass is 406 g/mol. The Morgan fingerprint density at radius 3 is 1.81 bits per heavy atom. The number of unbranched alkanes of at least 4 members (excludes halogenated alkanes) is 1. The highest BCUT2D eigenvalue weighted by Crippen LogP contribution is 2.18. The second kappa shape index (κ2) is 13.3. The van der Waals surface area contributed by atoms with Crippen LogP contribution < -0.4 is 0 Å². The summed E-state index contributed by atoms with van der Waals surface area (Å²) >= 11 is 0. The van der Waals surface area contributed by atoms with Crippen LogP contribution in [0.5, 0.6) is 0 Å². The van der Waals surface area contributed by atoms with E-state index in [2.05, 4.69) is 116 Å². The van der Waals surface area contributed by atoms with Crippen molar-refractivity contribution in [3.05, 3.63) is 131 Å². The van der Waals surface area contributed by atoms with E-state index < -0.39 is 0 Å². The first-order chi connectivity index (χ1) is 15.3. The maximum atomic E-state index is 3.85. The average molecular weight is 407 g/mol. The summed E-state index contributed by atoms with van der Waals surface area (Å²) in [7, 11) is 0. The molecule has 0 heteroatoms. The first-order valence-corrected chi connectivity index (χ1v) is 11.6. The summed E-state index contributed by atoms with van der Waals surface area (Å²) in [6, 6.07) is 32.1. The molecule has 0 aromatic heterocycles. The van der Waals surface area contributed by atoms with E-state index in [1.165, 1.54) is 40.7 Å². The molecule has 0 amide bonds. The van der Waals surface area contributed by atoms with Crippen molar-refractivity contribution in [3.63, 3.8) is 0 Å². The summed E-state index contributed by atoms with van der Waals surface area (Å²) in [4.78, 5) is 0. The van der Waals surface area contributed by atoms with Crippen LogP contribution in [0, 0.1) is 0 Å². The van der Waals surface area contributed by atoms with Gasteiger partial charge in [0.1, 0.15) is 0 Å². The van der Waals surface area contributed by atoms with Crippen molar-refractivity contribution >= 4 is 6.08 Å². The van der Waals surface area contributed by atoms with E-state index in [4.69, 9.17) is 0 Å². The van der Waals surface area contributed by atoms with Crippen LogP contribution in [0.2, 0.25) is 0 Å². The van der Waals surface area contributed by atoms with E-state index in [0.717, 1.165) is 32.1 Å². The van der Waals surface area contributed by atoms with E-state index in [1.807, 2.05) is 0 Å². The van der Waals surface area contributed by atoms with Crippen LogP contribution in [-0.4, -0.2) is 0 Å². The first-order valence-electron chi connectivity index (χ1n) is 11.6. The van der Waals surface area contributed by atoms with Gasteiger partial charge in [0.25, 0.3) is 0 Å². The summed E-state index contributed by atoms with van der Waals surface area (Å²) in [5.74, 6) is 0. The molecule has 0 saturated heterocycles. The zero-order valence-electron chi connectivity index (χ0n) is 18.8. The molecule has 3 aromatic rings. The lowest BCUT2D eigenvalue weighted by molar-refractivity contribution is 0.750. The van der Waals surface area contributed by atoms with Gasteiger partial charge in [-0.25, -0.2) is 0 Å². The third kappa shape index (κ3) is 8.67. The molecule has 0 saturated carbocycles. The molecule has 0 unspecified atom stereocenters. The Balaban J connectivity index is 1.84. The predicted molar refractivity (Wildman–Crippen MR) is 135 cm³/mol. The van der Waals surface area contributed by atoms with Crippen molar-refractivity contribution < 1.29 is 0 Å². The van der Waals surface area contributed by atoms with E-state index in [1.54, 1.807) is 0 Å². The SMILES string of the molecule is CCCCC(=C=C(/C=C/c1ccccc1)CCc1ccccc1)CCc1ccccc1. The van der Waals surface area contributed by atoms with Gasteiger partial charge in [0, 0.05) is 0 Å². The smallest absolute Gasteiger partial charge is 0.00573 e. The Morgan fingerprint density at radius 2 is 1.23 bits per heavy atom. The highest BCUT2D eigenvalue weighted by atomic mass is 14.1. The number of hydrogen-bond acceptors (Lipinski definition) is 0. The molecule has 0 aliphatic rings. The number of hydrogen-bond donors (Lipinski definition) is 0. The van der Waals surface area contributed by atoms with Gasteiger partial charge in [-0.15, -0.1) is 5.73 Å².